The molecule has 0 aromatic heterocycles. The van der Waals surface area contributed by atoms with E-state index in [2.05, 4.69) is 45.1 Å². The van der Waals surface area contributed by atoms with Gasteiger partial charge in [-0.05, 0) is 58.7 Å². The Morgan fingerprint density at radius 3 is 2.65 bits per heavy atom. The largest absolute Gasteiger partial charge is 0.497 e. The number of hydrogen-bond acceptors (Lipinski definition) is 3. The summed E-state index contributed by atoms with van der Waals surface area (Å²) < 4.78 is 6.33. The number of halogens is 1. The molecule has 0 unspecified atom stereocenters. The minimum atomic E-state index is 0.664. The highest BCUT2D eigenvalue weighted by Crippen LogP contribution is 2.33. The van der Waals surface area contributed by atoms with Crippen LogP contribution in [-0.4, -0.2) is 20.7 Å². The first-order valence-corrected chi connectivity index (χ1v) is 7.31. The standard InChI is InChI=1S/C16H19BrN2O/c1-19(13-4-3-5-14(11-13)20-2)16-7-6-12(8-9-18)10-15(16)17/h3-7,10-11H,8-9,18H2,1-2H3. The molecule has 0 aliphatic heterocycles. The van der Waals surface area contributed by atoms with Crippen LogP contribution < -0.4 is 15.4 Å². The first-order valence-electron chi connectivity index (χ1n) is 6.52. The number of nitrogens with zero attached hydrogens (tertiary/aromatic N) is 1. The first-order chi connectivity index (χ1) is 9.65. The molecule has 0 amide bonds. The summed E-state index contributed by atoms with van der Waals surface area (Å²) in [6.07, 6.45) is 0.891. The van der Waals surface area contributed by atoms with E-state index >= 15 is 0 Å². The number of nitrogens with two attached hydrogens (primary N) is 1. The molecule has 0 aliphatic carbocycles. The van der Waals surface area contributed by atoms with E-state index in [1.54, 1.807) is 7.11 Å². The van der Waals surface area contributed by atoms with Gasteiger partial charge in [0.05, 0.1) is 12.8 Å². The van der Waals surface area contributed by atoms with Gasteiger partial charge in [0.25, 0.3) is 0 Å². The zero-order chi connectivity index (χ0) is 14.5. The molecule has 3 nitrogen and oxygen atoms in total. The predicted molar refractivity (Wildman–Crippen MR) is 88.0 cm³/mol. The second-order valence-electron chi connectivity index (χ2n) is 4.58. The maximum Gasteiger partial charge on any atom is 0.120 e. The van der Waals surface area contributed by atoms with E-state index in [4.69, 9.17) is 10.5 Å². The maximum absolute atomic E-state index is 5.59. The Bertz CT molecular complexity index is 586. The van der Waals surface area contributed by atoms with Crippen LogP contribution in [0.5, 0.6) is 5.75 Å². The van der Waals surface area contributed by atoms with Crippen LogP contribution in [0.4, 0.5) is 11.4 Å². The molecular formula is C16H19BrN2O. The summed E-state index contributed by atoms with van der Waals surface area (Å²) in [6, 6.07) is 14.3. The molecule has 106 valence electrons. The lowest BCUT2D eigenvalue weighted by atomic mass is 10.1. The van der Waals surface area contributed by atoms with E-state index in [1.165, 1.54) is 5.56 Å². The third-order valence-corrected chi connectivity index (χ3v) is 3.88. The molecular weight excluding hydrogens is 316 g/mol. The van der Waals surface area contributed by atoms with E-state index in [0.29, 0.717) is 6.54 Å². The van der Waals surface area contributed by atoms with Crippen LogP contribution in [0.3, 0.4) is 0 Å². The molecule has 20 heavy (non-hydrogen) atoms. The molecule has 2 rings (SSSR count). The molecule has 0 atom stereocenters. The Hall–Kier alpha value is -1.52. The van der Waals surface area contributed by atoms with Crippen LogP contribution in [0.1, 0.15) is 5.56 Å². The molecule has 0 bridgehead atoms. The quantitative estimate of drug-likeness (QED) is 0.905. The van der Waals surface area contributed by atoms with Gasteiger partial charge in [0, 0.05) is 23.3 Å². The number of hydrogen-bond donors (Lipinski definition) is 1. The highest BCUT2D eigenvalue weighted by atomic mass is 79.9. The van der Waals surface area contributed by atoms with Crippen molar-refractivity contribution in [2.75, 3.05) is 25.6 Å². The summed E-state index contributed by atoms with van der Waals surface area (Å²) in [4.78, 5) is 2.12. The maximum atomic E-state index is 5.59. The Kier molecular flexibility index (Phi) is 5.04. The molecule has 2 aromatic rings. The van der Waals surface area contributed by atoms with E-state index in [-0.39, 0.29) is 0 Å². The summed E-state index contributed by atoms with van der Waals surface area (Å²) in [5.74, 6) is 0.852. The second kappa shape index (κ2) is 6.77. The van der Waals surface area contributed by atoms with E-state index < -0.39 is 0 Å². The zero-order valence-electron chi connectivity index (χ0n) is 11.8. The molecule has 0 saturated heterocycles. The normalized spacial score (nSPS) is 10.4. The van der Waals surface area contributed by atoms with Crippen LogP contribution in [0, 0.1) is 0 Å². The van der Waals surface area contributed by atoms with Crippen molar-refractivity contribution in [3.63, 3.8) is 0 Å². The van der Waals surface area contributed by atoms with Crippen LogP contribution in [0.15, 0.2) is 46.9 Å². The Labute approximate surface area is 128 Å². The number of ether oxygens (including phenoxy) is 1. The minimum absolute atomic E-state index is 0.664. The summed E-state index contributed by atoms with van der Waals surface area (Å²) in [7, 11) is 3.72. The van der Waals surface area contributed by atoms with Crippen molar-refractivity contribution in [2.45, 2.75) is 6.42 Å². The summed E-state index contributed by atoms with van der Waals surface area (Å²) in [5, 5.41) is 0. The third-order valence-electron chi connectivity index (χ3n) is 3.25. The third kappa shape index (κ3) is 3.32. The lowest BCUT2D eigenvalue weighted by Gasteiger charge is -2.22. The molecule has 4 heteroatoms. The molecule has 2 aromatic carbocycles. The fourth-order valence-electron chi connectivity index (χ4n) is 2.10. The van der Waals surface area contributed by atoms with Crippen LogP contribution in [-0.2, 0) is 6.42 Å². The molecule has 0 spiro atoms. The number of benzene rings is 2. The van der Waals surface area contributed by atoms with Gasteiger partial charge in [-0.15, -0.1) is 0 Å². The summed E-state index contributed by atoms with van der Waals surface area (Å²) >= 11 is 3.64. The molecule has 2 N–H and O–H groups in total. The van der Waals surface area contributed by atoms with Crippen molar-refractivity contribution >= 4 is 27.3 Å². The van der Waals surface area contributed by atoms with Crippen LogP contribution in [0.25, 0.3) is 0 Å². The van der Waals surface area contributed by atoms with Crippen molar-refractivity contribution in [1.29, 1.82) is 0 Å². The average molecular weight is 335 g/mol. The van der Waals surface area contributed by atoms with Crippen LogP contribution in [0.2, 0.25) is 0 Å². The summed E-state index contributed by atoms with van der Waals surface area (Å²) in [6.45, 7) is 0.664. The monoisotopic (exact) mass is 334 g/mol. The Morgan fingerprint density at radius 1 is 1.20 bits per heavy atom. The fraction of sp³-hybridized carbons (Fsp3) is 0.250. The number of methoxy groups -OCH3 is 1. The van der Waals surface area contributed by atoms with Crippen molar-refractivity contribution < 1.29 is 4.74 Å². The lowest BCUT2D eigenvalue weighted by Crippen LogP contribution is -2.10. The van der Waals surface area contributed by atoms with Gasteiger partial charge in [-0.25, -0.2) is 0 Å². The molecule has 0 saturated carbocycles. The molecule has 0 fully saturated rings. The van der Waals surface area contributed by atoms with Crippen molar-refractivity contribution in [2.24, 2.45) is 5.73 Å². The van der Waals surface area contributed by atoms with E-state index in [0.717, 1.165) is 28.0 Å². The SMILES string of the molecule is COc1cccc(N(C)c2ccc(CCN)cc2Br)c1. The van der Waals surface area contributed by atoms with Gasteiger partial charge in [-0.2, -0.15) is 0 Å². The van der Waals surface area contributed by atoms with Gasteiger partial charge in [0.1, 0.15) is 5.75 Å². The molecule has 0 heterocycles. The van der Waals surface area contributed by atoms with Crippen LogP contribution >= 0.6 is 15.9 Å². The Balaban J connectivity index is 2.30. The van der Waals surface area contributed by atoms with Gasteiger partial charge in [0.15, 0.2) is 0 Å². The van der Waals surface area contributed by atoms with E-state index in [9.17, 15) is 0 Å². The van der Waals surface area contributed by atoms with Crippen molar-refractivity contribution in [3.05, 3.63) is 52.5 Å². The van der Waals surface area contributed by atoms with E-state index in [1.807, 2.05) is 25.2 Å². The molecule has 0 radical (unpaired) electrons. The lowest BCUT2D eigenvalue weighted by molar-refractivity contribution is 0.415. The van der Waals surface area contributed by atoms with Gasteiger partial charge in [0.2, 0.25) is 0 Å². The smallest absolute Gasteiger partial charge is 0.120 e. The highest BCUT2D eigenvalue weighted by Gasteiger charge is 2.09. The fourth-order valence-corrected chi connectivity index (χ4v) is 2.79. The van der Waals surface area contributed by atoms with Gasteiger partial charge in [-0.3, -0.25) is 0 Å². The molecule has 0 aliphatic rings. The zero-order valence-corrected chi connectivity index (χ0v) is 13.4. The predicted octanol–water partition coefficient (Wildman–Crippen LogP) is 3.73. The Morgan fingerprint density at radius 2 is 2.00 bits per heavy atom. The number of rotatable bonds is 5. The van der Waals surface area contributed by atoms with Gasteiger partial charge in [-0.1, -0.05) is 12.1 Å². The van der Waals surface area contributed by atoms with Gasteiger partial charge < -0.3 is 15.4 Å². The first kappa shape index (κ1) is 14.9. The minimum Gasteiger partial charge on any atom is -0.497 e. The van der Waals surface area contributed by atoms with Crippen molar-refractivity contribution in [3.8, 4) is 5.75 Å². The summed E-state index contributed by atoms with van der Waals surface area (Å²) in [5.41, 5.74) is 9.02. The second-order valence-corrected chi connectivity index (χ2v) is 5.44. The number of anilines is 2. The topological polar surface area (TPSA) is 38.5 Å². The average Bonchev–Trinajstić information content (AvgIpc) is 2.47. The van der Waals surface area contributed by atoms with Gasteiger partial charge >= 0.3 is 0 Å². The van der Waals surface area contributed by atoms with Crippen molar-refractivity contribution in [1.82, 2.24) is 0 Å². The highest BCUT2D eigenvalue weighted by molar-refractivity contribution is 9.10.